The lowest BCUT2D eigenvalue weighted by Crippen LogP contribution is -2.23. The van der Waals surface area contributed by atoms with Crippen LogP contribution in [0.3, 0.4) is 0 Å². The molecule has 0 spiro atoms. The smallest absolute Gasteiger partial charge is 0.322 e. The van der Waals surface area contributed by atoms with Crippen LogP contribution in [0.1, 0.15) is 5.56 Å². The van der Waals surface area contributed by atoms with E-state index in [0.29, 0.717) is 6.54 Å². The van der Waals surface area contributed by atoms with Gasteiger partial charge in [-0.25, -0.2) is 0 Å². The van der Waals surface area contributed by atoms with Crippen molar-refractivity contribution in [3.63, 3.8) is 0 Å². The van der Waals surface area contributed by atoms with Crippen LogP contribution >= 0.6 is 0 Å². The van der Waals surface area contributed by atoms with E-state index in [1.807, 2.05) is 30.5 Å². The molecular weight excluding hydrogens is 202 g/mol. The maximum absolute atomic E-state index is 10.7. The van der Waals surface area contributed by atoms with Crippen LogP contribution in [0, 0.1) is 11.3 Å². The summed E-state index contributed by atoms with van der Waals surface area (Å²) in [6, 6.07) is 9.52. The lowest BCUT2D eigenvalue weighted by atomic mass is 10.1. The number of hydrogen-bond donors (Lipinski definition) is 2. The Morgan fingerprint density at radius 2 is 2.25 bits per heavy atom. The summed E-state index contributed by atoms with van der Waals surface area (Å²) in [6.45, 7) is 0.480. The highest BCUT2D eigenvalue weighted by molar-refractivity contribution is 5.91. The van der Waals surface area contributed by atoms with Gasteiger partial charge in [-0.05, 0) is 18.1 Å². The zero-order valence-electron chi connectivity index (χ0n) is 8.66. The third-order valence-electron chi connectivity index (χ3n) is 2.46. The van der Waals surface area contributed by atoms with Crippen LogP contribution in [0.4, 0.5) is 0 Å². The molecule has 0 aliphatic heterocycles. The number of amides is 1. The van der Waals surface area contributed by atoms with Gasteiger partial charge in [0.15, 0.2) is 6.07 Å². The van der Waals surface area contributed by atoms with E-state index in [-0.39, 0.29) is 0 Å². The monoisotopic (exact) mass is 213 g/mol. The molecule has 2 aromatic rings. The second kappa shape index (κ2) is 4.49. The third-order valence-corrected chi connectivity index (χ3v) is 2.46. The number of carbonyl (C=O) groups is 1. The Morgan fingerprint density at radius 3 is 3.06 bits per heavy atom. The fourth-order valence-corrected chi connectivity index (χ4v) is 1.69. The van der Waals surface area contributed by atoms with Gasteiger partial charge in [-0.3, -0.25) is 4.79 Å². The second-order valence-corrected chi connectivity index (χ2v) is 3.48. The van der Waals surface area contributed by atoms with Crippen LogP contribution < -0.4 is 5.32 Å². The molecule has 0 aliphatic rings. The molecule has 4 heteroatoms. The summed E-state index contributed by atoms with van der Waals surface area (Å²) in [6.07, 6.45) is 2.65. The molecular formula is C12H11N3O. The van der Waals surface area contributed by atoms with Gasteiger partial charge < -0.3 is 10.3 Å². The zero-order chi connectivity index (χ0) is 11.4. The SMILES string of the molecule is N#CC(=O)NCCc1c[nH]c2ccccc12. The number of nitriles is 1. The number of H-pyrrole nitrogens is 1. The fourth-order valence-electron chi connectivity index (χ4n) is 1.69. The summed E-state index contributed by atoms with van der Waals surface area (Å²) in [4.78, 5) is 13.9. The highest BCUT2D eigenvalue weighted by atomic mass is 16.1. The van der Waals surface area contributed by atoms with E-state index < -0.39 is 5.91 Å². The molecule has 4 nitrogen and oxygen atoms in total. The van der Waals surface area contributed by atoms with Crippen LogP contribution in [0.25, 0.3) is 10.9 Å². The summed E-state index contributed by atoms with van der Waals surface area (Å²) in [5.74, 6) is -0.583. The molecule has 1 heterocycles. The van der Waals surface area contributed by atoms with Gasteiger partial charge in [-0.1, -0.05) is 18.2 Å². The van der Waals surface area contributed by atoms with E-state index in [9.17, 15) is 4.79 Å². The normalized spacial score (nSPS) is 9.94. The number of aromatic nitrogens is 1. The van der Waals surface area contributed by atoms with Crippen LogP contribution in [0.5, 0.6) is 0 Å². The molecule has 1 aromatic heterocycles. The highest BCUT2D eigenvalue weighted by Gasteiger charge is 2.03. The lowest BCUT2D eigenvalue weighted by Gasteiger charge is -1.99. The van der Waals surface area contributed by atoms with E-state index in [1.165, 1.54) is 6.07 Å². The molecule has 2 N–H and O–H groups in total. The standard InChI is InChI=1S/C12H11N3O/c13-7-12(16)14-6-5-9-8-15-11-4-2-1-3-10(9)11/h1-4,8,15H,5-6H2,(H,14,16). The van der Waals surface area contributed by atoms with E-state index in [4.69, 9.17) is 5.26 Å². The quantitative estimate of drug-likeness (QED) is 0.755. The van der Waals surface area contributed by atoms with Gasteiger partial charge in [0.2, 0.25) is 0 Å². The van der Waals surface area contributed by atoms with Crippen molar-refractivity contribution in [2.24, 2.45) is 0 Å². The zero-order valence-corrected chi connectivity index (χ0v) is 8.66. The molecule has 0 aliphatic carbocycles. The molecule has 16 heavy (non-hydrogen) atoms. The van der Waals surface area contributed by atoms with Crippen molar-refractivity contribution in [3.8, 4) is 6.07 Å². The van der Waals surface area contributed by atoms with Gasteiger partial charge in [0.1, 0.15) is 0 Å². The number of nitrogens with one attached hydrogen (secondary N) is 2. The first-order valence-electron chi connectivity index (χ1n) is 5.04. The Morgan fingerprint density at radius 1 is 1.44 bits per heavy atom. The fraction of sp³-hybridized carbons (Fsp3) is 0.167. The minimum absolute atomic E-state index is 0.480. The molecule has 0 fully saturated rings. The predicted molar refractivity (Wildman–Crippen MR) is 60.6 cm³/mol. The van der Waals surface area contributed by atoms with Gasteiger partial charge in [-0.2, -0.15) is 5.26 Å². The Kier molecular flexibility index (Phi) is 2.88. The van der Waals surface area contributed by atoms with Crippen molar-refractivity contribution >= 4 is 16.8 Å². The van der Waals surface area contributed by atoms with Crippen molar-refractivity contribution in [1.29, 1.82) is 5.26 Å². The van der Waals surface area contributed by atoms with Crippen molar-refractivity contribution in [3.05, 3.63) is 36.0 Å². The second-order valence-electron chi connectivity index (χ2n) is 3.48. The number of carbonyl (C=O) groups excluding carboxylic acids is 1. The molecule has 0 saturated heterocycles. The average Bonchev–Trinajstić information content (AvgIpc) is 2.73. The van der Waals surface area contributed by atoms with Gasteiger partial charge in [0.25, 0.3) is 0 Å². The van der Waals surface area contributed by atoms with E-state index in [1.54, 1.807) is 0 Å². The summed E-state index contributed by atoms with van der Waals surface area (Å²) in [7, 11) is 0. The third kappa shape index (κ3) is 2.04. The summed E-state index contributed by atoms with van der Waals surface area (Å²) < 4.78 is 0. The summed E-state index contributed by atoms with van der Waals surface area (Å²) >= 11 is 0. The summed E-state index contributed by atoms with van der Waals surface area (Å²) in [5.41, 5.74) is 2.23. The largest absolute Gasteiger partial charge is 0.361 e. The molecule has 0 bridgehead atoms. The van der Waals surface area contributed by atoms with E-state index in [2.05, 4.69) is 10.3 Å². The van der Waals surface area contributed by atoms with Crippen molar-refractivity contribution < 1.29 is 4.79 Å². The Bertz CT molecular complexity index is 551. The van der Waals surface area contributed by atoms with Crippen molar-refractivity contribution in [2.45, 2.75) is 6.42 Å². The molecule has 80 valence electrons. The van der Waals surface area contributed by atoms with E-state index >= 15 is 0 Å². The number of fused-ring (bicyclic) bond motifs is 1. The molecule has 0 saturated carbocycles. The number of para-hydroxylation sites is 1. The number of aromatic amines is 1. The van der Waals surface area contributed by atoms with Gasteiger partial charge in [-0.15, -0.1) is 0 Å². The molecule has 0 radical (unpaired) electrons. The van der Waals surface area contributed by atoms with Crippen LogP contribution in [0.2, 0.25) is 0 Å². The molecule has 0 atom stereocenters. The molecule has 0 unspecified atom stereocenters. The summed E-state index contributed by atoms with van der Waals surface area (Å²) in [5, 5.41) is 12.0. The van der Waals surface area contributed by atoms with Crippen molar-refractivity contribution in [1.82, 2.24) is 10.3 Å². The maximum atomic E-state index is 10.7. The molecule has 1 aromatic carbocycles. The first-order chi connectivity index (χ1) is 7.81. The first kappa shape index (κ1) is 10.2. The minimum atomic E-state index is -0.583. The Balaban J connectivity index is 2.05. The highest BCUT2D eigenvalue weighted by Crippen LogP contribution is 2.17. The number of nitrogens with zero attached hydrogens (tertiary/aromatic N) is 1. The Labute approximate surface area is 92.9 Å². The number of rotatable bonds is 3. The van der Waals surface area contributed by atoms with Gasteiger partial charge >= 0.3 is 5.91 Å². The van der Waals surface area contributed by atoms with Crippen LogP contribution in [0.15, 0.2) is 30.5 Å². The van der Waals surface area contributed by atoms with Crippen LogP contribution in [-0.4, -0.2) is 17.4 Å². The number of hydrogen-bond acceptors (Lipinski definition) is 2. The van der Waals surface area contributed by atoms with Crippen LogP contribution in [-0.2, 0) is 11.2 Å². The van der Waals surface area contributed by atoms with Gasteiger partial charge in [0.05, 0.1) is 0 Å². The van der Waals surface area contributed by atoms with E-state index in [0.717, 1.165) is 22.9 Å². The number of benzene rings is 1. The van der Waals surface area contributed by atoms with Gasteiger partial charge in [0, 0.05) is 23.6 Å². The predicted octanol–water partition coefficient (Wildman–Crippen LogP) is 1.35. The topological polar surface area (TPSA) is 68.7 Å². The maximum Gasteiger partial charge on any atom is 0.322 e. The first-order valence-corrected chi connectivity index (χ1v) is 5.04. The average molecular weight is 213 g/mol. The lowest BCUT2D eigenvalue weighted by molar-refractivity contribution is -0.115. The minimum Gasteiger partial charge on any atom is -0.361 e. The van der Waals surface area contributed by atoms with Crippen molar-refractivity contribution in [2.75, 3.05) is 6.54 Å². The molecule has 1 amide bonds. The molecule has 2 rings (SSSR count). The Hall–Kier alpha value is -2.28.